The molecule has 2 N–H and O–H groups in total. The monoisotopic (exact) mass is 268 g/mol. The lowest BCUT2D eigenvalue weighted by Gasteiger charge is -2.20. The van der Waals surface area contributed by atoms with E-state index in [0.29, 0.717) is 11.3 Å². The van der Waals surface area contributed by atoms with Crippen molar-refractivity contribution in [2.24, 2.45) is 5.92 Å². The van der Waals surface area contributed by atoms with Gasteiger partial charge in [-0.15, -0.1) is 0 Å². The van der Waals surface area contributed by atoms with E-state index in [-0.39, 0.29) is 6.54 Å². The lowest BCUT2D eigenvalue weighted by Crippen LogP contribution is -2.36. The Balaban J connectivity index is 2.69. The molecule has 0 saturated heterocycles. The molecule has 0 aromatic heterocycles. The van der Waals surface area contributed by atoms with Crippen molar-refractivity contribution in [2.75, 3.05) is 18.9 Å². The molecule has 0 aliphatic carbocycles. The Kier molecular flexibility index (Phi) is 4.86. The number of halogens is 1. The van der Waals surface area contributed by atoms with Crippen molar-refractivity contribution in [1.82, 2.24) is 4.90 Å². The molecule has 0 radical (unpaired) electrons. The SMILES string of the molecule is Cc1c(F)cccc1NC(=O)N(C)CC(C)C(=O)O. The van der Waals surface area contributed by atoms with Gasteiger partial charge in [-0.05, 0) is 19.1 Å². The van der Waals surface area contributed by atoms with Gasteiger partial charge in [-0.25, -0.2) is 9.18 Å². The summed E-state index contributed by atoms with van der Waals surface area (Å²) in [5, 5.41) is 11.3. The number of urea groups is 1. The highest BCUT2D eigenvalue weighted by molar-refractivity contribution is 5.90. The Labute approximate surface area is 111 Å². The molecule has 104 valence electrons. The number of carboxylic acids is 1. The van der Waals surface area contributed by atoms with Crippen molar-refractivity contribution in [3.8, 4) is 0 Å². The quantitative estimate of drug-likeness (QED) is 0.880. The van der Waals surface area contributed by atoms with Crippen molar-refractivity contribution < 1.29 is 19.1 Å². The van der Waals surface area contributed by atoms with Crippen LogP contribution in [0.15, 0.2) is 18.2 Å². The zero-order valence-corrected chi connectivity index (χ0v) is 11.1. The second-order valence-corrected chi connectivity index (χ2v) is 4.46. The van der Waals surface area contributed by atoms with Crippen LogP contribution in [0.25, 0.3) is 0 Å². The van der Waals surface area contributed by atoms with Gasteiger partial charge in [0.15, 0.2) is 0 Å². The van der Waals surface area contributed by atoms with E-state index in [4.69, 9.17) is 5.11 Å². The topological polar surface area (TPSA) is 69.6 Å². The molecule has 0 heterocycles. The molecule has 1 rings (SSSR count). The van der Waals surface area contributed by atoms with Gasteiger partial charge >= 0.3 is 12.0 Å². The third kappa shape index (κ3) is 3.94. The molecular formula is C13H17FN2O3. The minimum atomic E-state index is -0.971. The average molecular weight is 268 g/mol. The fourth-order valence-electron chi connectivity index (χ4n) is 1.53. The van der Waals surface area contributed by atoms with E-state index in [1.54, 1.807) is 13.0 Å². The Morgan fingerprint density at radius 1 is 1.47 bits per heavy atom. The van der Waals surface area contributed by atoms with E-state index in [0.717, 1.165) is 0 Å². The molecule has 0 spiro atoms. The van der Waals surface area contributed by atoms with Crippen LogP contribution >= 0.6 is 0 Å². The molecule has 1 atom stereocenters. The van der Waals surface area contributed by atoms with Crippen molar-refractivity contribution in [3.63, 3.8) is 0 Å². The zero-order valence-electron chi connectivity index (χ0n) is 11.1. The van der Waals surface area contributed by atoms with Crippen LogP contribution in [-0.2, 0) is 4.79 Å². The molecule has 0 fully saturated rings. The number of carboxylic acid groups (broad SMARTS) is 1. The second-order valence-electron chi connectivity index (χ2n) is 4.46. The number of hydrogen-bond donors (Lipinski definition) is 2. The molecule has 19 heavy (non-hydrogen) atoms. The molecule has 1 aromatic carbocycles. The molecule has 2 amide bonds. The number of rotatable bonds is 4. The van der Waals surface area contributed by atoms with Crippen LogP contribution < -0.4 is 5.32 Å². The normalized spacial score (nSPS) is 11.8. The van der Waals surface area contributed by atoms with Gasteiger partial charge in [0.25, 0.3) is 0 Å². The number of amides is 2. The standard InChI is InChI=1S/C13H17FN2O3/c1-8(12(17)18)7-16(3)13(19)15-11-6-4-5-10(14)9(11)2/h4-6,8H,7H2,1-3H3,(H,15,19)(H,17,18). The summed E-state index contributed by atoms with van der Waals surface area (Å²) in [7, 11) is 1.49. The predicted molar refractivity (Wildman–Crippen MR) is 69.6 cm³/mol. The number of nitrogens with zero attached hydrogens (tertiary/aromatic N) is 1. The number of nitrogens with one attached hydrogen (secondary N) is 1. The van der Waals surface area contributed by atoms with Crippen LogP contribution in [-0.4, -0.2) is 35.6 Å². The van der Waals surface area contributed by atoms with Crippen LogP contribution in [0.4, 0.5) is 14.9 Å². The van der Waals surface area contributed by atoms with E-state index < -0.39 is 23.7 Å². The van der Waals surface area contributed by atoms with E-state index in [9.17, 15) is 14.0 Å². The van der Waals surface area contributed by atoms with Gasteiger partial charge < -0.3 is 15.3 Å². The van der Waals surface area contributed by atoms with Crippen LogP contribution in [0.3, 0.4) is 0 Å². The molecule has 0 aliphatic heterocycles. The first-order valence-corrected chi connectivity index (χ1v) is 5.83. The summed E-state index contributed by atoms with van der Waals surface area (Å²) in [6, 6.07) is 3.92. The van der Waals surface area contributed by atoms with Crippen molar-refractivity contribution in [2.45, 2.75) is 13.8 Å². The fourth-order valence-corrected chi connectivity index (χ4v) is 1.53. The van der Waals surface area contributed by atoms with Gasteiger partial charge in [0, 0.05) is 24.8 Å². The fraction of sp³-hybridized carbons (Fsp3) is 0.385. The highest BCUT2D eigenvalue weighted by Gasteiger charge is 2.18. The number of aliphatic carboxylic acids is 1. The highest BCUT2D eigenvalue weighted by Crippen LogP contribution is 2.17. The van der Waals surface area contributed by atoms with Crippen molar-refractivity contribution in [3.05, 3.63) is 29.6 Å². The number of carbonyl (C=O) groups is 2. The maximum Gasteiger partial charge on any atom is 0.321 e. The van der Waals surface area contributed by atoms with E-state index in [1.165, 1.54) is 31.0 Å². The molecule has 0 bridgehead atoms. The first-order chi connectivity index (χ1) is 8.82. The highest BCUT2D eigenvalue weighted by atomic mass is 19.1. The van der Waals surface area contributed by atoms with Crippen LogP contribution in [0.1, 0.15) is 12.5 Å². The Hall–Kier alpha value is -2.11. The molecule has 0 aliphatic rings. The maximum absolute atomic E-state index is 13.3. The first-order valence-electron chi connectivity index (χ1n) is 5.83. The molecule has 1 unspecified atom stereocenters. The van der Waals surface area contributed by atoms with Gasteiger partial charge in [0.1, 0.15) is 5.82 Å². The van der Waals surface area contributed by atoms with Crippen molar-refractivity contribution >= 4 is 17.7 Å². The summed E-state index contributed by atoms with van der Waals surface area (Å²) in [6.07, 6.45) is 0. The first kappa shape index (κ1) is 14.9. The van der Waals surface area contributed by atoms with Gasteiger partial charge in [-0.3, -0.25) is 4.79 Å². The third-order valence-corrected chi connectivity index (χ3v) is 2.83. The van der Waals surface area contributed by atoms with E-state index in [1.807, 2.05) is 0 Å². The molecule has 1 aromatic rings. The molecule has 5 nitrogen and oxygen atoms in total. The Morgan fingerprint density at radius 3 is 2.68 bits per heavy atom. The predicted octanol–water partition coefficient (Wildman–Crippen LogP) is 2.32. The lowest BCUT2D eigenvalue weighted by molar-refractivity contribution is -0.141. The summed E-state index contributed by atoms with van der Waals surface area (Å²) in [4.78, 5) is 23.8. The summed E-state index contributed by atoms with van der Waals surface area (Å²) in [5.41, 5.74) is 0.718. The molecule has 0 saturated carbocycles. The van der Waals surface area contributed by atoms with Gasteiger partial charge in [0.2, 0.25) is 0 Å². The number of carbonyl (C=O) groups excluding carboxylic acids is 1. The lowest BCUT2D eigenvalue weighted by atomic mass is 10.2. The smallest absolute Gasteiger partial charge is 0.321 e. The number of benzene rings is 1. The molecule has 6 heteroatoms. The summed E-state index contributed by atoms with van der Waals surface area (Å²) in [5.74, 6) is -2.04. The van der Waals surface area contributed by atoms with Gasteiger partial charge in [0.05, 0.1) is 5.92 Å². The van der Waals surface area contributed by atoms with Crippen molar-refractivity contribution in [1.29, 1.82) is 0 Å². The van der Waals surface area contributed by atoms with Gasteiger partial charge in [-0.2, -0.15) is 0 Å². The van der Waals surface area contributed by atoms with Crippen LogP contribution in [0.5, 0.6) is 0 Å². The van der Waals surface area contributed by atoms with E-state index >= 15 is 0 Å². The minimum absolute atomic E-state index is 0.0789. The average Bonchev–Trinajstić information content (AvgIpc) is 2.34. The largest absolute Gasteiger partial charge is 0.481 e. The third-order valence-electron chi connectivity index (χ3n) is 2.83. The number of hydrogen-bond acceptors (Lipinski definition) is 2. The number of anilines is 1. The molecular weight excluding hydrogens is 251 g/mol. The van der Waals surface area contributed by atoms with Crippen LogP contribution in [0.2, 0.25) is 0 Å². The van der Waals surface area contributed by atoms with Gasteiger partial charge in [-0.1, -0.05) is 13.0 Å². The Morgan fingerprint density at radius 2 is 2.11 bits per heavy atom. The second kappa shape index (κ2) is 6.17. The minimum Gasteiger partial charge on any atom is -0.481 e. The summed E-state index contributed by atoms with van der Waals surface area (Å²) < 4.78 is 13.3. The summed E-state index contributed by atoms with van der Waals surface area (Å²) >= 11 is 0. The van der Waals surface area contributed by atoms with E-state index in [2.05, 4.69) is 5.32 Å². The maximum atomic E-state index is 13.3. The summed E-state index contributed by atoms with van der Waals surface area (Å²) in [6.45, 7) is 3.15. The zero-order chi connectivity index (χ0) is 14.6. The van der Waals surface area contributed by atoms with Crippen LogP contribution in [0, 0.1) is 18.7 Å². The Bertz CT molecular complexity index is 491.